The Morgan fingerprint density at radius 1 is 1.17 bits per heavy atom. The zero-order valence-electron chi connectivity index (χ0n) is 19.4. The minimum atomic E-state index is -4.52. The third kappa shape index (κ3) is 6.28. The average molecular weight is 488 g/mol. The summed E-state index contributed by atoms with van der Waals surface area (Å²) in [6.45, 7) is 3.23. The van der Waals surface area contributed by atoms with Crippen LogP contribution in [0.1, 0.15) is 42.1 Å². The maximum atomic E-state index is 13.0. The lowest BCUT2D eigenvalue weighted by Crippen LogP contribution is -2.44. The highest BCUT2D eigenvalue weighted by atomic mass is 19.4. The number of hydrogen-bond acceptors (Lipinski definition) is 4. The lowest BCUT2D eigenvalue weighted by molar-refractivity contribution is -0.138. The van der Waals surface area contributed by atoms with Crippen LogP contribution in [0.15, 0.2) is 65.5 Å². The second-order valence-electron chi connectivity index (χ2n) is 9.01. The number of halogens is 3. The molecule has 1 aliphatic carbocycles. The van der Waals surface area contributed by atoms with Gasteiger partial charge < -0.3 is 15.0 Å². The minimum absolute atomic E-state index is 0.0295. The van der Waals surface area contributed by atoms with Crippen LogP contribution < -0.4 is 5.32 Å². The molecule has 2 heterocycles. The summed E-state index contributed by atoms with van der Waals surface area (Å²) >= 11 is 0. The highest BCUT2D eigenvalue weighted by molar-refractivity contribution is 5.95. The first-order valence-electron chi connectivity index (χ1n) is 11.7. The van der Waals surface area contributed by atoms with Gasteiger partial charge in [-0.2, -0.15) is 13.2 Å². The average Bonchev–Trinajstić information content (AvgIpc) is 2.86. The van der Waals surface area contributed by atoms with Crippen molar-refractivity contribution in [2.24, 2.45) is 16.8 Å². The Hall–Kier alpha value is -3.20. The number of benzene rings is 1. The van der Waals surface area contributed by atoms with E-state index in [4.69, 9.17) is 4.74 Å². The number of piperidine rings is 1. The highest BCUT2D eigenvalue weighted by Crippen LogP contribution is 2.30. The molecule has 9 heteroatoms. The monoisotopic (exact) mass is 487 g/mol. The normalized spacial score (nSPS) is 24.9. The maximum Gasteiger partial charge on any atom is 0.416 e. The fraction of sp³-hybridized carbons (Fsp3) is 0.423. The van der Waals surface area contributed by atoms with E-state index in [0.29, 0.717) is 38.0 Å². The number of nitrogens with zero attached hydrogens (tertiary/aromatic N) is 2. The minimum Gasteiger partial charge on any atom is -0.370 e. The summed E-state index contributed by atoms with van der Waals surface area (Å²) < 4.78 is 45.2. The van der Waals surface area contributed by atoms with Crippen molar-refractivity contribution < 1.29 is 27.5 Å². The number of carbonyl (C=O) groups excluding carboxylic acids is 2. The van der Waals surface area contributed by atoms with E-state index in [0.717, 1.165) is 12.1 Å². The smallest absolute Gasteiger partial charge is 0.370 e. The third-order valence-corrected chi connectivity index (χ3v) is 6.44. The molecular formula is C26H28F3N3O3. The molecule has 6 nitrogen and oxygen atoms in total. The number of ether oxygens (including phenoxy) is 1. The van der Waals surface area contributed by atoms with Crippen molar-refractivity contribution >= 4 is 18.0 Å². The number of alkyl halides is 3. The molecule has 0 saturated carbocycles. The fourth-order valence-corrected chi connectivity index (χ4v) is 4.36. The molecule has 0 bridgehead atoms. The molecular weight excluding hydrogens is 459 g/mol. The molecule has 3 atom stereocenters. The SMILES string of the molecule is CC1C=CC(NC(=O)c2cccc(C(F)(F)F)c2)=CC1OC1CCN(C(=O)C2C=CN=CC2)CC1. The summed E-state index contributed by atoms with van der Waals surface area (Å²) in [5.74, 6) is -0.594. The van der Waals surface area contributed by atoms with Gasteiger partial charge in [0.15, 0.2) is 0 Å². The van der Waals surface area contributed by atoms with Gasteiger partial charge in [-0.25, -0.2) is 0 Å². The first kappa shape index (κ1) is 24.9. The lowest BCUT2D eigenvalue weighted by Gasteiger charge is -2.36. The highest BCUT2D eigenvalue weighted by Gasteiger charge is 2.32. The number of nitrogens with one attached hydrogen (secondary N) is 1. The number of likely N-dealkylation sites (tertiary alicyclic amines) is 1. The van der Waals surface area contributed by atoms with Gasteiger partial charge in [0.2, 0.25) is 5.91 Å². The molecule has 1 saturated heterocycles. The Bertz CT molecular complexity index is 1070. The van der Waals surface area contributed by atoms with Crippen molar-refractivity contribution in [3.63, 3.8) is 0 Å². The molecule has 0 aromatic heterocycles. The number of aliphatic imine (C=N–C) groups is 1. The van der Waals surface area contributed by atoms with Gasteiger partial charge in [0, 0.05) is 42.7 Å². The zero-order chi connectivity index (χ0) is 25.0. The van der Waals surface area contributed by atoms with Crippen molar-refractivity contribution in [2.45, 2.75) is 44.6 Å². The summed E-state index contributed by atoms with van der Waals surface area (Å²) in [6, 6.07) is 4.33. The molecule has 0 spiro atoms. The van der Waals surface area contributed by atoms with Crippen LogP contribution in [0.5, 0.6) is 0 Å². The Morgan fingerprint density at radius 3 is 2.63 bits per heavy atom. The molecule has 1 fully saturated rings. The molecule has 1 aromatic rings. The van der Waals surface area contributed by atoms with Crippen LogP contribution in [0.3, 0.4) is 0 Å². The Morgan fingerprint density at radius 2 is 1.94 bits per heavy atom. The fourth-order valence-electron chi connectivity index (χ4n) is 4.36. The third-order valence-electron chi connectivity index (χ3n) is 6.44. The number of rotatable bonds is 5. The maximum absolute atomic E-state index is 13.0. The standard InChI is InChI=1S/C26H28F3N3O3/c1-17-5-6-21(31-24(33)19-3-2-4-20(15-19)26(27,28)29)16-23(17)35-22-9-13-32(14-10-22)25(34)18-7-11-30-12-8-18/h2-7,11-12,15-18,22-23H,8-10,13-14H2,1H3,(H,31,33). The van der Waals surface area contributed by atoms with E-state index in [1.54, 1.807) is 24.6 Å². The number of allylic oxidation sites excluding steroid dienone is 1. The van der Waals surface area contributed by atoms with E-state index < -0.39 is 17.6 Å². The van der Waals surface area contributed by atoms with Gasteiger partial charge in [0.25, 0.3) is 5.91 Å². The summed E-state index contributed by atoms with van der Waals surface area (Å²) in [6.07, 6.45) is 7.89. The molecule has 1 N–H and O–H groups in total. The zero-order valence-corrected chi connectivity index (χ0v) is 19.4. The van der Waals surface area contributed by atoms with E-state index in [1.165, 1.54) is 12.1 Å². The van der Waals surface area contributed by atoms with Crippen LogP contribution in [-0.4, -0.2) is 48.2 Å². The summed E-state index contributed by atoms with van der Waals surface area (Å²) in [5, 5.41) is 2.68. The number of carbonyl (C=O) groups is 2. The second-order valence-corrected chi connectivity index (χ2v) is 9.01. The van der Waals surface area contributed by atoms with Crippen molar-refractivity contribution in [2.75, 3.05) is 13.1 Å². The molecule has 186 valence electrons. The van der Waals surface area contributed by atoms with Gasteiger partial charge in [0.05, 0.1) is 23.7 Å². The van der Waals surface area contributed by atoms with E-state index >= 15 is 0 Å². The van der Waals surface area contributed by atoms with Crippen LogP contribution in [-0.2, 0) is 15.7 Å². The molecule has 1 aromatic carbocycles. The van der Waals surface area contributed by atoms with E-state index in [1.807, 2.05) is 24.0 Å². The Balaban J connectivity index is 1.32. The molecule has 2 aliphatic heterocycles. The van der Waals surface area contributed by atoms with Crippen molar-refractivity contribution in [1.29, 1.82) is 0 Å². The molecule has 3 unspecified atom stereocenters. The number of hydrogen-bond donors (Lipinski definition) is 1. The van der Waals surface area contributed by atoms with Gasteiger partial charge in [-0.3, -0.25) is 14.6 Å². The second kappa shape index (κ2) is 10.6. The predicted octanol–water partition coefficient (Wildman–Crippen LogP) is 4.51. The lowest BCUT2D eigenvalue weighted by atomic mass is 9.96. The predicted molar refractivity (Wildman–Crippen MR) is 126 cm³/mol. The van der Waals surface area contributed by atoms with E-state index in [-0.39, 0.29) is 35.5 Å². The summed E-state index contributed by atoms with van der Waals surface area (Å²) in [7, 11) is 0. The largest absolute Gasteiger partial charge is 0.416 e. The van der Waals surface area contributed by atoms with Crippen LogP contribution in [0.25, 0.3) is 0 Å². The van der Waals surface area contributed by atoms with Crippen LogP contribution >= 0.6 is 0 Å². The molecule has 2 amide bonds. The van der Waals surface area contributed by atoms with E-state index in [2.05, 4.69) is 10.3 Å². The van der Waals surface area contributed by atoms with Crippen LogP contribution in [0.2, 0.25) is 0 Å². The van der Waals surface area contributed by atoms with Crippen LogP contribution in [0.4, 0.5) is 13.2 Å². The van der Waals surface area contributed by atoms with Crippen molar-refractivity contribution in [3.05, 3.63) is 71.6 Å². The topological polar surface area (TPSA) is 71.0 Å². The number of amides is 2. The van der Waals surface area contributed by atoms with Crippen molar-refractivity contribution in [1.82, 2.24) is 10.2 Å². The van der Waals surface area contributed by atoms with Gasteiger partial charge in [-0.1, -0.05) is 25.1 Å². The van der Waals surface area contributed by atoms with Crippen LogP contribution in [0, 0.1) is 11.8 Å². The molecule has 4 rings (SSSR count). The van der Waals surface area contributed by atoms with Crippen molar-refractivity contribution in [3.8, 4) is 0 Å². The molecule has 3 aliphatic rings. The molecule has 35 heavy (non-hydrogen) atoms. The Kier molecular flexibility index (Phi) is 7.54. The first-order valence-corrected chi connectivity index (χ1v) is 11.7. The van der Waals surface area contributed by atoms with Gasteiger partial charge in [0.1, 0.15) is 0 Å². The van der Waals surface area contributed by atoms with Gasteiger partial charge in [-0.05, 0) is 49.6 Å². The molecule has 0 radical (unpaired) electrons. The van der Waals surface area contributed by atoms with Gasteiger partial charge >= 0.3 is 6.18 Å². The first-order chi connectivity index (χ1) is 16.7. The summed E-state index contributed by atoms with van der Waals surface area (Å²) in [5.41, 5.74) is -0.458. The Labute approximate surface area is 202 Å². The summed E-state index contributed by atoms with van der Waals surface area (Å²) in [4.78, 5) is 31.1. The van der Waals surface area contributed by atoms with Gasteiger partial charge in [-0.15, -0.1) is 0 Å². The van der Waals surface area contributed by atoms with E-state index in [9.17, 15) is 22.8 Å². The quantitative estimate of drug-likeness (QED) is 0.665.